The Balaban J connectivity index is 1.62. The van der Waals surface area contributed by atoms with Crippen molar-refractivity contribution in [1.82, 2.24) is 9.97 Å². The van der Waals surface area contributed by atoms with E-state index in [0.717, 1.165) is 42.7 Å². The summed E-state index contributed by atoms with van der Waals surface area (Å²) in [6, 6.07) is 7.96. The molecule has 1 aromatic carbocycles. The van der Waals surface area contributed by atoms with Crippen LogP contribution in [0.1, 0.15) is 22.5 Å². The van der Waals surface area contributed by atoms with E-state index in [1.54, 1.807) is 18.2 Å². The fourth-order valence-electron chi connectivity index (χ4n) is 3.85. The van der Waals surface area contributed by atoms with E-state index in [9.17, 15) is 14.9 Å². The maximum Gasteiger partial charge on any atom is 0.269 e. The van der Waals surface area contributed by atoms with Crippen molar-refractivity contribution >= 4 is 39.3 Å². The number of anilines is 1. The maximum atomic E-state index is 11.3. The minimum absolute atomic E-state index is 0.0218. The molecule has 0 spiro atoms. The normalized spacial score (nSPS) is 21.2. The number of rotatable bonds is 4. The Morgan fingerprint density at radius 1 is 1.18 bits per heavy atom. The van der Waals surface area contributed by atoms with Gasteiger partial charge in [-0.1, -0.05) is 0 Å². The van der Waals surface area contributed by atoms with Crippen LogP contribution in [0.5, 0.6) is 0 Å². The number of fused-ring (bicyclic) bond motifs is 3. The number of nitro groups is 1. The zero-order chi connectivity index (χ0) is 19.3. The molecule has 2 unspecified atom stereocenters. The molecule has 4 heterocycles. The van der Waals surface area contributed by atoms with E-state index >= 15 is 0 Å². The first-order chi connectivity index (χ1) is 13.6. The van der Waals surface area contributed by atoms with Gasteiger partial charge in [0.1, 0.15) is 0 Å². The number of benzene rings is 1. The number of hydrogen-bond donors (Lipinski definition) is 0. The smallest absolute Gasteiger partial charge is 0.269 e. The monoisotopic (exact) mass is 396 g/mol. The van der Waals surface area contributed by atoms with Crippen molar-refractivity contribution in [1.29, 1.82) is 0 Å². The van der Waals surface area contributed by atoms with Gasteiger partial charge in [-0.25, -0.2) is 9.97 Å². The third-order valence-electron chi connectivity index (χ3n) is 5.17. The molecular formula is C19H16N4O4S. The molecule has 2 bridgehead atoms. The topological polar surface area (TPSA) is 98.5 Å². The quantitative estimate of drug-likeness (QED) is 0.378. The van der Waals surface area contributed by atoms with Crippen molar-refractivity contribution in [2.75, 3.05) is 18.0 Å². The number of carbonyl (C=O) groups is 1. The lowest BCUT2D eigenvalue weighted by Crippen LogP contribution is -2.43. The lowest BCUT2D eigenvalue weighted by atomic mass is 10.2. The number of morpholine rings is 1. The number of non-ortho nitro benzene ring substituents is 1. The van der Waals surface area contributed by atoms with Crippen molar-refractivity contribution < 1.29 is 14.5 Å². The molecular weight excluding hydrogens is 380 g/mol. The third kappa shape index (κ3) is 2.92. The molecule has 5 rings (SSSR count). The van der Waals surface area contributed by atoms with Crippen molar-refractivity contribution in [3.63, 3.8) is 0 Å². The van der Waals surface area contributed by atoms with E-state index in [4.69, 9.17) is 9.72 Å². The first-order valence-corrected chi connectivity index (χ1v) is 9.84. The summed E-state index contributed by atoms with van der Waals surface area (Å²) in [5, 5.41) is 10.9. The molecule has 3 aromatic rings. The summed E-state index contributed by atoms with van der Waals surface area (Å²) in [5.74, 6) is 1.29. The Morgan fingerprint density at radius 3 is 2.54 bits per heavy atom. The zero-order valence-corrected chi connectivity index (χ0v) is 15.6. The van der Waals surface area contributed by atoms with Gasteiger partial charge in [-0.3, -0.25) is 14.9 Å². The number of aromatic nitrogens is 2. The van der Waals surface area contributed by atoms with Crippen LogP contribution in [0.25, 0.3) is 21.6 Å². The largest absolute Gasteiger partial charge is 0.371 e. The van der Waals surface area contributed by atoms with E-state index in [1.807, 2.05) is 0 Å². The van der Waals surface area contributed by atoms with Gasteiger partial charge in [0.05, 0.1) is 32.2 Å². The minimum Gasteiger partial charge on any atom is -0.371 e. The van der Waals surface area contributed by atoms with Gasteiger partial charge in [0.25, 0.3) is 5.69 Å². The average Bonchev–Trinajstić information content (AvgIpc) is 3.29. The van der Waals surface area contributed by atoms with E-state index in [-0.39, 0.29) is 17.9 Å². The number of thiophene rings is 1. The number of ether oxygens (including phenoxy) is 1. The van der Waals surface area contributed by atoms with Crippen molar-refractivity contribution in [3.05, 3.63) is 45.3 Å². The Kier molecular flexibility index (Phi) is 4.06. The lowest BCUT2D eigenvalue weighted by Gasteiger charge is -2.33. The molecule has 2 atom stereocenters. The van der Waals surface area contributed by atoms with Gasteiger partial charge >= 0.3 is 0 Å². The number of aldehydes is 1. The zero-order valence-electron chi connectivity index (χ0n) is 14.8. The molecule has 2 aromatic heterocycles. The molecule has 2 saturated heterocycles. The Hall–Kier alpha value is -2.91. The minimum atomic E-state index is -0.433. The summed E-state index contributed by atoms with van der Waals surface area (Å²) in [7, 11) is 0. The van der Waals surface area contributed by atoms with Crippen LogP contribution < -0.4 is 4.90 Å². The van der Waals surface area contributed by atoms with E-state index in [2.05, 4.69) is 9.88 Å². The number of hydrogen-bond acceptors (Lipinski definition) is 8. The Bertz CT molecular complexity index is 1070. The first-order valence-electron chi connectivity index (χ1n) is 9.02. The van der Waals surface area contributed by atoms with E-state index in [0.29, 0.717) is 21.8 Å². The molecule has 0 radical (unpaired) electrons. The molecule has 2 aliphatic rings. The predicted octanol–water partition coefficient (Wildman–Crippen LogP) is 3.45. The van der Waals surface area contributed by atoms with Gasteiger partial charge < -0.3 is 9.64 Å². The fourth-order valence-corrected chi connectivity index (χ4v) is 4.78. The van der Waals surface area contributed by atoms with Gasteiger partial charge in [-0.2, -0.15) is 0 Å². The fraction of sp³-hybridized carbons (Fsp3) is 0.316. The van der Waals surface area contributed by atoms with Gasteiger partial charge in [0.2, 0.25) is 0 Å². The van der Waals surface area contributed by atoms with Gasteiger partial charge in [-0.15, -0.1) is 11.3 Å². The van der Waals surface area contributed by atoms with Gasteiger partial charge in [0.15, 0.2) is 17.9 Å². The van der Waals surface area contributed by atoms with Crippen LogP contribution in [0.3, 0.4) is 0 Å². The molecule has 2 fully saturated rings. The highest BCUT2D eigenvalue weighted by Gasteiger charge is 2.35. The summed E-state index contributed by atoms with van der Waals surface area (Å²) in [4.78, 5) is 34.0. The molecule has 142 valence electrons. The first kappa shape index (κ1) is 17.2. The molecule has 0 amide bonds. The summed E-state index contributed by atoms with van der Waals surface area (Å²) in [6.07, 6.45) is 3.34. The van der Waals surface area contributed by atoms with Crippen LogP contribution in [0.4, 0.5) is 11.5 Å². The highest BCUT2D eigenvalue weighted by atomic mass is 32.1. The SMILES string of the molecule is O=Cc1cc2nc(-c3ccc([N+](=O)[O-])cc3)nc(N3CC4CCC(C3)O4)c2s1. The summed E-state index contributed by atoms with van der Waals surface area (Å²) >= 11 is 1.39. The van der Waals surface area contributed by atoms with E-state index < -0.39 is 4.92 Å². The van der Waals surface area contributed by atoms with Crippen molar-refractivity contribution in [2.45, 2.75) is 25.0 Å². The Labute approximate surface area is 163 Å². The van der Waals surface area contributed by atoms with Crippen LogP contribution in [-0.2, 0) is 4.74 Å². The molecule has 0 aliphatic carbocycles. The average molecular weight is 396 g/mol. The summed E-state index contributed by atoms with van der Waals surface area (Å²) < 4.78 is 6.82. The molecule has 0 saturated carbocycles. The predicted molar refractivity (Wildman–Crippen MR) is 105 cm³/mol. The second kappa shape index (κ2) is 6.61. The molecule has 8 nitrogen and oxygen atoms in total. The summed E-state index contributed by atoms with van der Waals surface area (Å²) in [6.45, 7) is 1.52. The Morgan fingerprint density at radius 2 is 1.89 bits per heavy atom. The number of nitrogens with zero attached hydrogens (tertiary/aromatic N) is 4. The molecule has 9 heteroatoms. The van der Waals surface area contributed by atoms with Crippen molar-refractivity contribution in [2.24, 2.45) is 0 Å². The summed E-state index contributed by atoms with van der Waals surface area (Å²) in [5.41, 5.74) is 1.43. The highest BCUT2D eigenvalue weighted by Crippen LogP contribution is 2.37. The van der Waals surface area contributed by atoms with Crippen LogP contribution >= 0.6 is 11.3 Å². The highest BCUT2D eigenvalue weighted by molar-refractivity contribution is 7.21. The van der Waals surface area contributed by atoms with Gasteiger partial charge in [-0.05, 0) is 31.0 Å². The van der Waals surface area contributed by atoms with Crippen LogP contribution in [0.2, 0.25) is 0 Å². The van der Waals surface area contributed by atoms with Gasteiger partial charge in [0, 0.05) is 30.8 Å². The second-order valence-corrected chi connectivity index (χ2v) is 8.10. The molecule has 2 aliphatic heterocycles. The standard InChI is InChI=1S/C19H16N4O4S/c24-10-15-7-16-17(28-15)19(22-8-13-5-6-14(9-22)27-13)21-18(20-16)11-1-3-12(4-2-11)23(25)26/h1-4,7,10,13-14H,5-6,8-9H2. The number of carbonyl (C=O) groups excluding carboxylic acids is 1. The van der Waals surface area contributed by atoms with Crippen LogP contribution in [0, 0.1) is 10.1 Å². The second-order valence-electron chi connectivity index (χ2n) is 7.02. The molecule has 0 N–H and O–H groups in total. The van der Waals surface area contributed by atoms with Crippen LogP contribution in [-0.4, -0.2) is 46.5 Å². The molecule has 28 heavy (non-hydrogen) atoms. The number of nitro benzene ring substituents is 1. The van der Waals surface area contributed by atoms with E-state index in [1.165, 1.54) is 23.5 Å². The van der Waals surface area contributed by atoms with Crippen molar-refractivity contribution in [3.8, 4) is 11.4 Å². The maximum absolute atomic E-state index is 11.3. The van der Waals surface area contributed by atoms with Crippen LogP contribution in [0.15, 0.2) is 30.3 Å². The lowest BCUT2D eigenvalue weighted by molar-refractivity contribution is -0.384. The third-order valence-corrected chi connectivity index (χ3v) is 6.21.